The molecule has 0 aliphatic rings. The zero-order valence-corrected chi connectivity index (χ0v) is 36.6. The van der Waals surface area contributed by atoms with Gasteiger partial charge >= 0.3 is 17.9 Å². The third-order valence-electron chi connectivity index (χ3n) is 9.73. The number of allylic oxidation sites excluding steroid dienone is 10. The van der Waals surface area contributed by atoms with E-state index in [0.29, 0.717) is 19.3 Å². The van der Waals surface area contributed by atoms with Crippen LogP contribution in [-0.4, -0.2) is 37.2 Å². The van der Waals surface area contributed by atoms with Crippen molar-refractivity contribution in [3.05, 3.63) is 60.8 Å². The van der Waals surface area contributed by atoms with Gasteiger partial charge in [-0.1, -0.05) is 171 Å². The molecule has 1 unspecified atom stereocenters. The van der Waals surface area contributed by atoms with Gasteiger partial charge in [0.15, 0.2) is 6.10 Å². The highest BCUT2D eigenvalue weighted by atomic mass is 16.6. The average molecular weight is 783 g/mol. The predicted molar refractivity (Wildman–Crippen MR) is 238 cm³/mol. The number of carbonyl (C=O) groups is 3. The summed E-state index contributed by atoms with van der Waals surface area (Å²) in [7, 11) is 0. The van der Waals surface area contributed by atoms with Crippen molar-refractivity contribution >= 4 is 17.9 Å². The maximum Gasteiger partial charge on any atom is 0.306 e. The predicted octanol–water partition coefficient (Wildman–Crippen LogP) is 14.9. The molecule has 0 rings (SSSR count). The molecule has 6 heteroatoms. The summed E-state index contributed by atoms with van der Waals surface area (Å²) in [6.07, 6.45) is 53.6. The molecule has 0 saturated heterocycles. The maximum atomic E-state index is 12.7. The van der Waals surface area contributed by atoms with Gasteiger partial charge in [-0.15, -0.1) is 0 Å². The highest BCUT2D eigenvalue weighted by Crippen LogP contribution is 2.13. The van der Waals surface area contributed by atoms with Crippen LogP contribution < -0.4 is 0 Å². The van der Waals surface area contributed by atoms with Crippen molar-refractivity contribution in [2.45, 2.75) is 226 Å². The standard InChI is InChI=1S/C50H86O6/c1-4-7-10-13-16-19-22-23-24-25-26-29-31-34-37-40-43-49(52)55-46-47(56-50(53)44-41-38-35-32-28-21-18-15-12-9-6-3)45-54-48(51)42-39-36-33-30-27-20-17-14-11-8-5-2/h9,12,14,17-18,21,24-25,32,35,47H,4-8,10-11,13,15-16,19-20,22-23,26-31,33-34,36-46H2,1-3H3/b12-9-,17-14-,21-18-,25-24-,35-32-. The Labute approximate surface area is 345 Å². The molecule has 1 atom stereocenters. The second kappa shape index (κ2) is 44.8. The van der Waals surface area contributed by atoms with E-state index >= 15 is 0 Å². The number of unbranched alkanes of at least 4 members (excludes halogenated alkanes) is 20. The second-order valence-corrected chi connectivity index (χ2v) is 15.3. The molecular weight excluding hydrogens is 697 g/mol. The zero-order chi connectivity index (χ0) is 40.8. The fourth-order valence-corrected chi connectivity index (χ4v) is 6.20. The van der Waals surface area contributed by atoms with Crippen LogP contribution in [-0.2, 0) is 28.6 Å². The number of hydrogen-bond acceptors (Lipinski definition) is 6. The molecule has 0 amide bonds. The Hall–Kier alpha value is -2.89. The van der Waals surface area contributed by atoms with Gasteiger partial charge in [0, 0.05) is 19.3 Å². The van der Waals surface area contributed by atoms with Gasteiger partial charge in [0.25, 0.3) is 0 Å². The SMILES string of the molecule is CC/C=C\C/C=C\C/C=C\CCCC(=O)OC(COC(=O)CCCCCCC/C=C\CCCC)COC(=O)CCCCCCC/C=C\CCCCCCCCC. The van der Waals surface area contributed by atoms with Crippen molar-refractivity contribution in [1.82, 2.24) is 0 Å². The van der Waals surface area contributed by atoms with Gasteiger partial charge in [-0.3, -0.25) is 14.4 Å². The van der Waals surface area contributed by atoms with Gasteiger partial charge in [-0.05, 0) is 89.9 Å². The molecule has 0 spiro atoms. The normalized spacial score (nSPS) is 12.6. The van der Waals surface area contributed by atoms with Crippen molar-refractivity contribution in [2.24, 2.45) is 0 Å². The van der Waals surface area contributed by atoms with Crippen molar-refractivity contribution < 1.29 is 28.6 Å². The topological polar surface area (TPSA) is 78.9 Å². The van der Waals surface area contributed by atoms with Crippen LogP contribution in [0.3, 0.4) is 0 Å². The first-order chi connectivity index (χ1) is 27.5. The van der Waals surface area contributed by atoms with E-state index < -0.39 is 6.10 Å². The molecular formula is C50H86O6. The van der Waals surface area contributed by atoms with Gasteiger partial charge in [0.2, 0.25) is 0 Å². The molecule has 0 fully saturated rings. The first-order valence-corrected chi connectivity index (χ1v) is 23.3. The van der Waals surface area contributed by atoms with Gasteiger partial charge in [0.1, 0.15) is 13.2 Å². The van der Waals surface area contributed by atoms with Gasteiger partial charge in [0.05, 0.1) is 0 Å². The Bertz CT molecular complexity index is 1040. The number of hydrogen-bond donors (Lipinski definition) is 0. The third kappa shape index (κ3) is 42.3. The third-order valence-corrected chi connectivity index (χ3v) is 9.73. The molecule has 56 heavy (non-hydrogen) atoms. The van der Waals surface area contributed by atoms with Crippen molar-refractivity contribution in [2.75, 3.05) is 13.2 Å². The second-order valence-electron chi connectivity index (χ2n) is 15.3. The van der Waals surface area contributed by atoms with Gasteiger partial charge in [-0.25, -0.2) is 0 Å². The molecule has 0 radical (unpaired) electrons. The Morgan fingerprint density at radius 2 is 0.732 bits per heavy atom. The van der Waals surface area contributed by atoms with E-state index in [1.54, 1.807) is 0 Å². The zero-order valence-electron chi connectivity index (χ0n) is 36.6. The Morgan fingerprint density at radius 1 is 0.375 bits per heavy atom. The van der Waals surface area contributed by atoms with Crippen LogP contribution in [0.2, 0.25) is 0 Å². The summed E-state index contributed by atoms with van der Waals surface area (Å²) < 4.78 is 16.6. The lowest BCUT2D eigenvalue weighted by atomic mass is 10.1. The lowest BCUT2D eigenvalue weighted by Gasteiger charge is -2.18. The van der Waals surface area contributed by atoms with Crippen LogP contribution >= 0.6 is 0 Å². The molecule has 322 valence electrons. The van der Waals surface area contributed by atoms with E-state index in [2.05, 4.69) is 81.5 Å². The summed E-state index contributed by atoms with van der Waals surface area (Å²) in [5, 5.41) is 0. The van der Waals surface area contributed by atoms with E-state index in [-0.39, 0.29) is 37.5 Å². The minimum atomic E-state index is -0.804. The summed E-state index contributed by atoms with van der Waals surface area (Å²) in [5.74, 6) is -0.978. The largest absolute Gasteiger partial charge is 0.462 e. The van der Waals surface area contributed by atoms with E-state index in [9.17, 15) is 14.4 Å². The van der Waals surface area contributed by atoms with Crippen LogP contribution in [0.1, 0.15) is 220 Å². The molecule has 0 bridgehead atoms. The Kier molecular flexibility index (Phi) is 42.5. The summed E-state index contributed by atoms with van der Waals surface area (Å²) in [4.78, 5) is 37.7. The van der Waals surface area contributed by atoms with Crippen LogP contribution in [0.25, 0.3) is 0 Å². The minimum absolute atomic E-state index is 0.102. The molecule has 0 aromatic carbocycles. The summed E-state index contributed by atoms with van der Waals surface area (Å²) in [6.45, 7) is 6.40. The summed E-state index contributed by atoms with van der Waals surface area (Å²) >= 11 is 0. The van der Waals surface area contributed by atoms with Crippen molar-refractivity contribution in [3.63, 3.8) is 0 Å². The van der Waals surface area contributed by atoms with E-state index in [1.807, 2.05) is 0 Å². The lowest BCUT2D eigenvalue weighted by molar-refractivity contribution is -0.167. The van der Waals surface area contributed by atoms with E-state index in [4.69, 9.17) is 14.2 Å². The molecule has 0 aliphatic carbocycles. The van der Waals surface area contributed by atoms with Gasteiger partial charge in [-0.2, -0.15) is 0 Å². The summed E-state index contributed by atoms with van der Waals surface area (Å²) in [6, 6.07) is 0. The van der Waals surface area contributed by atoms with E-state index in [1.165, 1.54) is 89.9 Å². The van der Waals surface area contributed by atoms with Gasteiger partial charge < -0.3 is 14.2 Å². The fourth-order valence-electron chi connectivity index (χ4n) is 6.20. The molecule has 0 saturated carbocycles. The van der Waals surface area contributed by atoms with Crippen LogP contribution in [0.5, 0.6) is 0 Å². The molecule has 0 aromatic heterocycles. The number of carbonyl (C=O) groups excluding carboxylic acids is 3. The first-order valence-electron chi connectivity index (χ1n) is 23.3. The first kappa shape index (κ1) is 53.1. The average Bonchev–Trinajstić information content (AvgIpc) is 3.19. The highest BCUT2D eigenvalue weighted by Gasteiger charge is 2.19. The lowest BCUT2D eigenvalue weighted by Crippen LogP contribution is -2.30. The smallest absolute Gasteiger partial charge is 0.306 e. The number of esters is 3. The van der Waals surface area contributed by atoms with Crippen molar-refractivity contribution in [3.8, 4) is 0 Å². The molecule has 0 heterocycles. The van der Waals surface area contributed by atoms with Crippen LogP contribution in [0.4, 0.5) is 0 Å². The molecule has 0 aliphatic heterocycles. The minimum Gasteiger partial charge on any atom is -0.462 e. The number of rotatable bonds is 41. The Balaban J connectivity index is 4.42. The Morgan fingerprint density at radius 3 is 1.21 bits per heavy atom. The number of ether oxygens (including phenoxy) is 3. The molecule has 0 N–H and O–H groups in total. The summed E-state index contributed by atoms with van der Waals surface area (Å²) in [5.41, 5.74) is 0. The maximum absolute atomic E-state index is 12.7. The fraction of sp³-hybridized carbons (Fsp3) is 0.740. The molecule has 6 nitrogen and oxygen atoms in total. The van der Waals surface area contributed by atoms with E-state index in [0.717, 1.165) is 83.5 Å². The van der Waals surface area contributed by atoms with Crippen molar-refractivity contribution in [1.29, 1.82) is 0 Å². The highest BCUT2D eigenvalue weighted by molar-refractivity contribution is 5.71. The molecule has 0 aromatic rings. The van der Waals surface area contributed by atoms with Crippen LogP contribution in [0.15, 0.2) is 60.8 Å². The monoisotopic (exact) mass is 783 g/mol. The van der Waals surface area contributed by atoms with Crippen LogP contribution in [0, 0.1) is 0 Å². The quantitative estimate of drug-likeness (QED) is 0.0266.